The highest BCUT2D eigenvalue weighted by molar-refractivity contribution is 5.44. The molecule has 0 radical (unpaired) electrons. The number of ether oxygens (including phenoxy) is 2. The summed E-state index contributed by atoms with van der Waals surface area (Å²) in [4.78, 5) is 0. The topological polar surface area (TPSA) is 50.7 Å². The lowest BCUT2D eigenvalue weighted by molar-refractivity contribution is 0.0912. The molecule has 4 heteroatoms. The summed E-state index contributed by atoms with van der Waals surface area (Å²) in [5.74, 6) is 1.82. The largest absolute Gasteiger partial charge is 0.486 e. The highest BCUT2D eigenvalue weighted by Crippen LogP contribution is 2.35. The zero-order chi connectivity index (χ0) is 12.4. The molecule has 1 aromatic carbocycles. The van der Waals surface area contributed by atoms with Crippen molar-refractivity contribution < 1.29 is 14.6 Å². The number of rotatable bonds is 2. The fourth-order valence-corrected chi connectivity index (χ4v) is 2.66. The second-order valence-electron chi connectivity index (χ2n) is 4.95. The number of aliphatic hydroxyl groups excluding tert-OH is 1. The van der Waals surface area contributed by atoms with Crippen LogP contribution in [-0.4, -0.2) is 31.4 Å². The van der Waals surface area contributed by atoms with Gasteiger partial charge in [0.05, 0.1) is 6.10 Å². The number of nitrogens with one attached hydrogen (secondary N) is 1. The summed E-state index contributed by atoms with van der Waals surface area (Å²) in [5, 5.41) is 13.7. The van der Waals surface area contributed by atoms with Gasteiger partial charge in [0.25, 0.3) is 0 Å². The molecule has 2 unspecified atom stereocenters. The fourth-order valence-electron chi connectivity index (χ4n) is 2.66. The van der Waals surface area contributed by atoms with Gasteiger partial charge in [-0.1, -0.05) is 6.07 Å². The van der Waals surface area contributed by atoms with Crippen LogP contribution in [0.3, 0.4) is 0 Å². The highest BCUT2D eigenvalue weighted by Gasteiger charge is 2.24. The summed E-state index contributed by atoms with van der Waals surface area (Å²) >= 11 is 0. The van der Waals surface area contributed by atoms with Crippen molar-refractivity contribution in [1.29, 1.82) is 0 Å². The lowest BCUT2D eigenvalue weighted by Gasteiger charge is -2.28. The van der Waals surface area contributed by atoms with Crippen molar-refractivity contribution >= 4 is 0 Å². The number of hydrogen-bond acceptors (Lipinski definition) is 4. The Morgan fingerprint density at radius 3 is 2.83 bits per heavy atom. The molecule has 2 N–H and O–H groups in total. The maximum Gasteiger partial charge on any atom is 0.161 e. The number of piperidine rings is 1. The van der Waals surface area contributed by atoms with Gasteiger partial charge in [-0.05, 0) is 37.1 Å². The van der Waals surface area contributed by atoms with Crippen LogP contribution in [0.1, 0.15) is 24.5 Å². The third-order valence-corrected chi connectivity index (χ3v) is 3.69. The zero-order valence-electron chi connectivity index (χ0n) is 10.4. The quantitative estimate of drug-likeness (QED) is 0.834. The van der Waals surface area contributed by atoms with Crippen molar-refractivity contribution in [3.05, 3.63) is 23.8 Å². The molecule has 0 aromatic heterocycles. The Balaban J connectivity index is 1.78. The molecule has 0 amide bonds. The third kappa shape index (κ3) is 2.31. The van der Waals surface area contributed by atoms with Gasteiger partial charge in [-0.15, -0.1) is 0 Å². The predicted octanol–water partition coefficient (Wildman–Crippen LogP) is 1.49. The first-order valence-electron chi connectivity index (χ1n) is 6.63. The van der Waals surface area contributed by atoms with E-state index in [1.54, 1.807) is 0 Å². The van der Waals surface area contributed by atoms with Crippen molar-refractivity contribution in [3.63, 3.8) is 0 Å². The van der Waals surface area contributed by atoms with E-state index in [-0.39, 0.29) is 0 Å². The van der Waals surface area contributed by atoms with E-state index in [1.165, 1.54) is 0 Å². The van der Waals surface area contributed by atoms with Gasteiger partial charge in [-0.25, -0.2) is 0 Å². The molecule has 18 heavy (non-hydrogen) atoms. The summed E-state index contributed by atoms with van der Waals surface area (Å²) in [6.45, 7) is 3.12. The Labute approximate surface area is 107 Å². The van der Waals surface area contributed by atoms with Crippen LogP contribution in [0.4, 0.5) is 0 Å². The Morgan fingerprint density at radius 1 is 1.22 bits per heavy atom. The number of benzene rings is 1. The number of hydrogen-bond donors (Lipinski definition) is 2. The Hall–Kier alpha value is -1.26. The highest BCUT2D eigenvalue weighted by atomic mass is 16.6. The van der Waals surface area contributed by atoms with Crippen molar-refractivity contribution in [2.24, 2.45) is 5.92 Å². The summed E-state index contributed by atoms with van der Waals surface area (Å²) in [5.41, 5.74) is 0.924. The lowest BCUT2D eigenvalue weighted by atomic mass is 9.89. The van der Waals surface area contributed by atoms with Crippen LogP contribution in [0.2, 0.25) is 0 Å². The first-order chi connectivity index (χ1) is 8.84. The molecule has 0 bridgehead atoms. The molecule has 0 aliphatic carbocycles. The first kappa shape index (κ1) is 11.8. The predicted molar refractivity (Wildman–Crippen MR) is 68.0 cm³/mol. The third-order valence-electron chi connectivity index (χ3n) is 3.69. The van der Waals surface area contributed by atoms with Gasteiger partial charge in [0.15, 0.2) is 11.5 Å². The molecule has 1 fully saturated rings. The minimum absolute atomic E-state index is 0.293. The average molecular weight is 249 g/mol. The van der Waals surface area contributed by atoms with Gasteiger partial charge in [0, 0.05) is 12.5 Å². The van der Waals surface area contributed by atoms with E-state index >= 15 is 0 Å². The molecule has 0 saturated carbocycles. The Bertz CT molecular complexity index is 416. The van der Waals surface area contributed by atoms with Gasteiger partial charge in [-0.3, -0.25) is 0 Å². The van der Waals surface area contributed by atoms with Crippen LogP contribution in [-0.2, 0) is 0 Å². The molecule has 2 aliphatic heterocycles. The van der Waals surface area contributed by atoms with Crippen LogP contribution in [0.5, 0.6) is 11.5 Å². The normalized spacial score (nSPS) is 24.6. The first-order valence-corrected chi connectivity index (χ1v) is 6.63. The molecule has 1 aromatic rings. The molecule has 2 heterocycles. The van der Waals surface area contributed by atoms with Gasteiger partial charge >= 0.3 is 0 Å². The Kier molecular flexibility index (Phi) is 3.39. The molecule has 4 nitrogen and oxygen atoms in total. The van der Waals surface area contributed by atoms with E-state index in [0.717, 1.165) is 43.0 Å². The second kappa shape index (κ2) is 5.16. The van der Waals surface area contributed by atoms with E-state index in [0.29, 0.717) is 19.1 Å². The van der Waals surface area contributed by atoms with E-state index in [4.69, 9.17) is 9.47 Å². The van der Waals surface area contributed by atoms with Gasteiger partial charge in [-0.2, -0.15) is 0 Å². The smallest absolute Gasteiger partial charge is 0.161 e. The van der Waals surface area contributed by atoms with Crippen LogP contribution < -0.4 is 14.8 Å². The minimum Gasteiger partial charge on any atom is -0.486 e. The van der Waals surface area contributed by atoms with E-state index in [1.807, 2.05) is 18.2 Å². The van der Waals surface area contributed by atoms with Crippen molar-refractivity contribution in [2.75, 3.05) is 26.3 Å². The summed E-state index contributed by atoms with van der Waals surface area (Å²) < 4.78 is 11.0. The zero-order valence-corrected chi connectivity index (χ0v) is 10.4. The minimum atomic E-state index is -0.423. The maximum atomic E-state index is 10.4. The maximum absolute atomic E-state index is 10.4. The number of aliphatic hydroxyl groups is 1. The monoisotopic (exact) mass is 249 g/mol. The summed E-state index contributed by atoms with van der Waals surface area (Å²) in [6.07, 6.45) is 1.78. The van der Waals surface area contributed by atoms with E-state index in [2.05, 4.69) is 5.32 Å². The standard InChI is InChI=1S/C14H19NO3/c16-14(11-2-1-5-15-9-11)10-3-4-12-13(8-10)18-7-6-17-12/h3-4,8,11,14-16H,1-2,5-7,9H2. The Morgan fingerprint density at radius 2 is 2.06 bits per heavy atom. The second-order valence-corrected chi connectivity index (χ2v) is 4.95. The van der Waals surface area contributed by atoms with Gasteiger partial charge in [0.2, 0.25) is 0 Å². The van der Waals surface area contributed by atoms with Crippen molar-refractivity contribution in [1.82, 2.24) is 5.32 Å². The van der Waals surface area contributed by atoms with Gasteiger partial charge in [0.1, 0.15) is 13.2 Å². The molecule has 3 rings (SSSR count). The van der Waals surface area contributed by atoms with Crippen LogP contribution in [0.25, 0.3) is 0 Å². The van der Waals surface area contributed by atoms with Crippen LogP contribution in [0, 0.1) is 5.92 Å². The number of fused-ring (bicyclic) bond motifs is 1. The molecule has 1 saturated heterocycles. The van der Waals surface area contributed by atoms with Crippen molar-refractivity contribution in [3.8, 4) is 11.5 Å². The van der Waals surface area contributed by atoms with Gasteiger partial charge < -0.3 is 19.9 Å². The lowest BCUT2D eigenvalue weighted by Crippen LogP contribution is -2.33. The summed E-state index contributed by atoms with van der Waals surface area (Å²) in [6, 6.07) is 5.74. The molecule has 98 valence electrons. The molecule has 0 spiro atoms. The SMILES string of the molecule is OC(c1ccc2c(c1)OCCO2)C1CCCNC1. The average Bonchev–Trinajstić information content (AvgIpc) is 2.47. The van der Waals surface area contributed by atoms with Crippen LogP contribution >= 0.6 is 0 Å². The molecular weight excluding hydrogens is 230 g/mol. The molecule has 2 aliphatic rings. The summed E-state index contributed by atoms with van der Waals surface area (Å²) in [7, 11) is 0. The van der Waals surface area contributed by atoms with Crippen molar-refractivity contribution in [2.45, 2.75) is 18.9 Å². The van der Waals surface area contributed by atoms with E-state index in [9.17, 15) is 5.11 Å². The van der Waals surface area contributed by atoms with Crippen LogP contribution in [0.15, 0.2) is 18.2 Å². The molecule has 2 atom stereocenters. The fraction of sp³-hybridized carbons (Fsp3) is 0.571. The molecular formula is C14H19NO3. The van der Waals surface area contributed by atoms with E-state index < -0.39 is 6.10 Å².